The fourth-order valence-electron chi connectivity index (χ4n) is 2.67. The molecular formula is C14H17IN2O. The zero-order valence-corrected chi connectivity index (χ0v) is 12.6. The number of hydrogen-bond donors (Lipinski definition) is 1. The number of fused-ring (bicyclic) bond motifs is 1. The van der Waals surface area contributed by atoms with Crippen molar-refractivity contribution in [1.82, 2.24) is 0 Å². The molecule has 3 atom stereocenters. The fraction of sp³-hybridized carbons (Fsp3) is 0.500. The van der Waals surface area contributed by atoms with E-state index in [-0.39, 0.29) is 0 Å². The summed E-state index contributed by atoms with van der Waals surface area (Å²) in [4.78, 5) is 4.68. The van der Waals surface area contributed by atoms with E-state index in [2.05, 4.69) is 64.1 Å². The van der Waals surface area contributed by atoms with Crippen molar-refractivity contribution in [1.29, 1.82) is 0 Å². The van der Waals surface area contributed by atoms with Gasteiger partial charge >= 0.3 is 0 Å². The Labute approximate surface area is 121 Å². The van der Waals surface area contributed by atoms with Crippen molar-refractivity contribution >= 4 is 34.2 Å². The number of rotatable bonds is 3. The van der Waals surface area contributed by atoms with E-state index >= 15 is 0 Å². The quantitative estimate of drug-likeness (QED) is 0.667. The molecule has 0 radical (unpaired) electrons. The van der Waals surface area contributed by atoms with Crippen LogP contribution in [0.4, 0.5) is 5.69 Å². The number of halogens is 1. The van der Waals surface area contributed by atoms with Crippen molar-refractivity contribution in [2.75, 3.05) is 18.5 Å². The number of ether oxygens (including phenoxy) is 1. The SMILES string of the molecule is CC(I)C1=N[C@@H](CC2CNc3ccccc32)CO1. The van der Waals surface area contributed by atoms with Gasteiger partial charge in [0.1, 0.15) is 6.61 Å². The smallest absolute Gasteiger partial charge is 0.196 e. The van der Waals surface area contributed by atoms with Gasteiger partial charge in [0.2, 0.25) is 0 Å². The van der Waals surface area contributed by atoms with Crippen LogP contribution in [0.5, 0.6) is 0 Å². The highest BCUT2D eigenvalue weighted by Crippen LogP contribution is 2.35. The molecule has 2 heterocycles. The molecule has 1 aromatic rings. The van der Waals surface area contributed by atoms with Crippen molar-refractivity contribution in [3.63, 3.8) is 0 Å². The minimum absolute atomic E-state index is 0.329. The maximum Gasteiger partial charge on any atom is 0.196 e. The van der Waals surface area contributed by atoms with Gasteiger partial charge < -0.3 is 10.1 Å². The van der Waals surface area contributed by atoms with Gasteiger partial charge in [-0.1, -0.05) is 40.8 Å². The lowest BCUT2D eigenvalue weighted by atomic mass is 9.94. The van der Waals surface area contributed by atoms with E-state index in [4.69, 9.17) is 4.74 Å². The van der Waals surface area contributed by atoms with E-state index in [0.29, 0.717) is 15.9 Å². The monoisotopic (exact) mass is 356 g/mol. The molecule has 0 fully saturated rings. The Kier molecular flexibility index (Phi) is 3.46. The van der Waals surface area contributed by atoms with Crippen LogP contribution in [0.15, 0.2) is 29.3 Å². The predicted molar refractivity (Wildman–Crippen MR) is 82.9 cm³/mol. The number of nitrogens with one attached hydrogen (secondary N) is 1. The largest absolute Gasteiger partial charge is 0.478 e. The van der Waals surface area contributed by atoms with E-state index in [9.17, 15) is 0 Å². The van der Waals surface area contributed by atoms with Gasteiger partial charge in [0.05, 0.1) is 9.97 Å². The molecule has 96 valence electrons. The molecule has 0 aromatic heterocycles. The molecule has 0 saturated heterocycles. The van der Waals surface area contributed by atoms with E-state index in [1.54, 1.807) is 0 Å². The number of para-hydroxylation sites is 1. The second kappa shape index (κ2) is 5.07. The molecule has 4 heteroatoms. The highest BCUT2D eigenvalue weighted by atomic mass is 127. The molecule has 2 aliphatic rings. The number of benzene rings is 1. The molecule has 3 rings (SSSR count). The Morgan fingerprint density at radius 3 is 3.11 bits per heavy atom. The highest BCUT2D eigenvalue weighted by Gasteiger charge is 2.28. The Hall–Kier alpha value is -0.780. The molecule has 2 unspecified atom stereocenters. The summed E-state index contributed by atoms with van der Waals surface area (Å²) in [7, 11) is 0. The van der Waals surface area contributed by atoms with Crippen molar-refractivity contribution in [3.05, 3.63) is 29.8 Å². The summed E-state index contributed by atoms with van der Waals surface area (Å²) >= 11 is 2.35. The Morgan fingerprint density at radius 2 is 2.33 bits per heavy atom. The standard InChI is InChI=1S/C14H17IN2O/c1-9(15)14-17-11(8-18-14)6-10-7-16-13-5-3-2-4-12(10)13/h2-5,9-11,16H,6-8H2,1H3/t9?,10?,11-/m0/s1. The van der Waals surface area contributed by atoms with E-state index in [1.807, 2.05) is 0 Å². The first kappa shape index (κ1) is 12.3. The second-order valence-electron chi connectivity index (χ2n) is 4.95. The summed E-state index contributed by atoms with van der Waals surface area (Å²) in [5.41, 5.74) is 2.72. The summed E-state index contributed by atoms with van der Waals surface area (Å²) in [6, 6.07) is 8.91. The van der Waals surface area contributed by atoms with Crippen LogP contribution in [-0.2, 0) is 4.74 Å². The predicted octanol–water partition coefficient (Wildman–Crippen LogP) is 3.21. The number of anilines is 1. The van der Waals surface area contributed by atoms with Crippen molar-refractivity contribution in [2.24, 2.45) is 4.99 Å². The molecule has 0 aliphatic carbocycles. The van der Waals surface area contributed by atoms with Gasteiger partial charge in [-0.25, -0.2) is 4.99 Å². The molecule has 1 aromatic carbocycles. The molecule has 1 N–H and O–H groups in total. The number of nitrogens with zero attached hydrogens (tertiary/aromatic N) is 1. The minimum Gasteiger partial charge on any atom is -0.478 e. The topological polar surface area (TPSA) is 33.6 Å². The van der Waals surface area contributed by atoms with Crippen LogP contribution >= 0.6 is 22.6 Å². The number of alkyl halides is 1. The Morgan fingerprint density at radius 1 is 1.50 bits per heavy atom. The molecule has 0 saturated carbocycles. The summed E-state index contributed by atoms with van der Waals surface area (Å²) in [6.07, 6.45) is 1.08. The molecule has 3 nitrogen and oxygen atoms in total. The third kappa shape index (κ3) is 2.35. The second-order valence-corrected chi connectivity index (χ2v) is 6.82. The average molecular weight is 356 g/mol. The lowest BCUT2D eigenvalue weighted by molar-refractivity contribution is 0.303. The minimum atomic E-state index is 0.329. The van der Waals surface area contributed by atoms with E-state index in [0.717, 1.165) is 25.5 Å². The molecule has 2 aliphatic heterocycles. The van der Waals surface area contributed by atoms with Gasteiger partial charge in [-0.2, -0.15) is 0 Å². The van der Waals surface area contributed by atoms with Gasteiger partial charge in [0.15, 0.2) is 5.90 Å². The van der Waals surface area contributed by atoms with Crippen LogP contribution < -0.4 is 5.32 Å². The van der Waals surface area contributed by atoms with Crippen LogP contribution in [0.3, 0.4) is 0 Å². The lowest BCUT2D eigenvalue weighted by Crippen LogP contribution is -2.13. The first-order valence-corrected chi connectivity index (χ1v) is 7.66. The fourth-order valence-corrected chi connectivity index (χ4v) is 3.01. The van der Waals surface area contributed by atoms with Crippen molar-refractivity contribution in [3.8, 4) is 0 Å². The van der Waals surface area contributed by atoms with Crippen LogP contribution in [0.25, 0.3) is 0 Å². The van der Waals surface area contributed by atoms with Crippen LogP contribution in [-0.4, -0.2) is 29.0 Å². The highest BCUT2D eigenvalue weighted by molar-refractivity contribution is 14.1. The zero-order chi connectivity index (χ0) is 12.5. The third-order valence-electron chi connectivity index (χ3n) is 3.57. The van der Waals surface area contributed by atoms with Gasteiger partial charge in [0, 0.05) is 18.2 Å². The van der Waals surface area contributed by atoms with Gasteiger partial charge in [-0.3, -0.25) is 0 Å². The van der Waals surface area contributed by atoms with Crippen molar-refractivity contribution in [2.45, 2.75) is 29.2 Å². The third-order valence-corrected chi connectivity index (χ3v) is 4.10. The van der Waals surface area contributed by atoms with Gasteiger partial charge in [-0.05, 0) is 25.0 Å². The summed E-state index contributed by atoms with van der Waals surface area (Å²) in [6.45, 7) is 3.90. The maximum absolute atomic E-state index is 5.65. The molecule has 0 spiro atoms. The molecule has 0 bridgehead atoms. The van der Waals surface area contributed by atoms with Crippen molar-refractivity contribution < 1.29 is 4.74 Å². The summed E-state index contributed by atoms with van der Waals surface area (Å²) in [5, 5.41) is 3.47. The van der Waals surface area contributed by atoms with E-state index < -0.39 is 0 Å². The Balaban J connectivity index is 1.69. The normalized spacial score (nSPS) is 27.1. The summed E-state index contributed by atoms with van der Waals surface area (Å²) in [5.74, 6) is 1.49. The summed E-state index contributed by atoms with van der Waals surface area (Å²) < 4.78 is 6.02. The average Bonchev–Trinajstić information content (AvgIpc) is 2.98. The molecular weight excluding hydrogens is 339 g/mol. The number of hydrogen-bond acceptors (Lipinski definition) is 3. The molecule has 0 amide bonds. The molecule has 18 heavy (non-hydrogen) atoms. The van der Waals surface area contributed by atoms with Gasteiger partial charge in [0.25, 0.3) is 0 Å². The van der Waals surface area contributed by atoms with E-state index in [1.165, 1.54) is 11.3 Å². The lowest BCUT2D eigenvalue weighted by Gasteiger charge is -2.12. The first-order valence-electron chi connectivity index (χ1n) is 6.41. The van der Waals surface area contributed by atoms with Crippen LogP contribution in [0.1, 0.15) is 24.8 Å². The van der Waals surface area contributed by atoms with Gasteiger partial charge in [-0.15, -0.1) is 0 Å². The Bertz CT molecular complexity index is 473. The number of aliphatic imine (C=N–C) groups is 1. The first-order chi connectivity index (χ1) is 8.74. The maximum atomic E-state index is 5.65. The zero-order valence-electron chi connectivity index (χ0n) is 10.4. The van der Waals surface area contributed by atoms with Crippen LogP contribution in [0, 0.1) is 0 Å². The van der Waals surface area contributed by atoms with Crippen LogP contribution in [0.2, 0.25) is 0 Å².